The summed E-state index contributed by atoms with van der Waals surface area (Å²) >= 11 is 7.56. The van der Waals surface area contributed by atoms with E-state index in [4.69, 9.17) is 11.6 Å². The molecule has 1 atom stereocenters. The lowest BCUT2D eigenvalue weighted by Crippen LogP contribution is -2.38. The van der Waals surface area contributed by atoms with Gasteiger partial charge in [-0.1, -0.05) is 23.7 Å². The summed E-state index contributed by atoms with van der Waals surface area (Å²) in [5, 5.41) is 18.4. The molecule has 0 fully saturated rings. The summed E-state index contributed by atoms with van der Waals surface area (Å²) < 4.78 is 1.88. The van der Waals surface area contributed by atoms with E-state index in [0.717, 1.165) is 23.5 Å². The van der Waals surface area contributed by atoms with Gasteiger partial charge in [0.05, 0.1) is 12.6 Å². The Morgan fingerprint density at radius 1 is 1.28 bits per heavy atom. The maximum atomic E-state index is 12.4. The van der Waals surface area contributed by atoms with Gasteiger partial charge in [0.1, 0.15) is 6.33 Å². The summed E-state index contributed by atoms with van der Waals surface area (Å²) in [4.78, 5) is 12.4. The van der Waals surface area contributed by atoms with Crippen molar-refractivity contribution in [3.63, 3.8) is 0 Å². The minimum atomic E-state index is -0.267. The van der Waals surface area contributed by atoms with Crippen molar-refractivity contribution in [2.24, 2.45) is 0 Å². The van der Waals surface area contributed by atoms with Crippen LogP contribution in [0.25, 0.3) is 0 Å². The molecule has 3 rings (SSSR count). The first-order chi connectivity index (χ1) is 12.2. The second-order valence-corrected chi connectivity index (χ2v) is 6.62. The number of aryl methyl sites for hydroxylation is 1. The Hall–Kier alpha value is -2.38. The standard InChI is InChI=1S/C17H18ClN5OS/c1-2-23-11-20-22-15(23)9-19-17(24)21-16(13-7-8-25-10-13)12-3-5-14(18)6-4-12/h3-8,10-11,16H,2,9H2,1H3,(H2,19,21,24)/t16-/m1/s1. The summed E-state index contributed by atoms with van der Waals surface area (Å²) in [6, 6.07) is 8.96. The topological polar surface area (TPSA) is 71.8 Å². The number of hydrogen-bond acceptors (Lipinski definition) is 4. The van der Waals surface area contributed by atoms with Crippen LogP contribution in [-0.4, -0.2) is 20.8 Å². The summed E-state index contributed by atoms with van der Waals surface area (Å²) in [6.45, 7) is 3.07. The Bertz CT molecular complexity index is 816. The molecule has 25 heavy (non-hydrogen) atoms. The Balaban J connectivity index is 1.70. The molecule has 0 radical (unpaired) electrons. The molecular weight excluding hydrogens is 358 g/mol. The highest BCUT2D eigenvalue weighted by Crippen LogP contribution is 2.25. The Morgan fingerprint density at radius 2 is 2.08 bits per heavy atom. The lowest BCUT2D eigenvalue weighted by molar-refractivity contribution is 0.238. The number of rotatable bonds is 6. The number of nitrogens with zero attached hydrogens (tertiary/aromatic N) is 3. The third kappa shape index (κ3) is 4.37. The largest absolute Gasteiger partial charge is 0.331 e. The zero-order chi connectivity index (χ0) is 17.6. The first kappa shape index (κ1) is 17.4. The van der Waals surface area contributed by atoms with Gasteiger partial charge in [0.25, 0.3) is 0 Å². The van der Waals surface area contributed by atoms with Gasteiger partial charge < -0.3 is 15.2 Å². The molecule has 2 amide bonds. The molecule has 0 bridgehead atoms. The van der Waals surface area contributed by atoms with Crippen molar-refractivity contribution >= 4 is 29.0 Å². The van der Waals surface area contributed by atoms with Crippen LogP contribution in [0.4, 0.5) is 4.79 Å². The van der Waals surface area contributed by atoms with Crippen molar-refractivity contribution in [3.05, 3.63) is 69.4 Å². The van der Waals surface area contributed by atoms with E-state index in [2.05, 4.69) is 20.8 Å². The fourth-order valence-corrected chi connectivity index (χ4v) is 3.29. The summed E-state index contributed by atoms with van der Waals surface area (Å²) in [5.41, 5.74) is 1.99. The Morgan fingerprint density at radius 3 is 2.76 bits per heavy atom. The highest BCUT2D eigenvalue weighted by Gasteiger charge is 2.17. The van der Waals surface area contributed by atoms with Crippen LogP contribution in [0.15, 0.2) is 47.4 Å². The maximum absolute atomic E-state index is 12.4. The first-order valence-electron chi connectivity index (χ1n) is 7.86. The van der Waals surface area contributed by atoms with Crippen LogP contribution < -0.4 is 10.6 Å². The molecule has 2 heterocycles. The summed E-state index contributed by atoms with van der Waals surface area (Å²) in [6.07, 6.45) is 1.65. The van der Waals surface area contributed by atoms with Gasteiger partial charge in [-0.15, -0.1) is 10.2 Å². The normalized spacial score (nSPS) is 11.9. The number of carbonyl (C=O) groups is 1. The fourth-order valence-electron chi connectivity index (χ4n) is 2.48. The van der Waals surface area contributed by atoms with Crippen molar-refractivity contribution in [1.29, 1.82) is 0 Å². The van der Waals surface area contributed by atoms with E-state index < -0.39 is 0 Å². The number of urea groups is 1. The number of amides is 2. The number of thiophene rings is 1. The maximum Gasteiger partial charge on any atom is 0.315 e. The fraction of sp³-hybridized carbons (Fsp3) is 0.235. The molecule has 0 aliphatic carbocycles. The third-order valence-electron chi connectivity index (χ3n) is 3.80. The monoisotopic (exact) mass is 375 g/mol. The number of nitrogens with one attached hydrogen (secondary N) is 2. The van der Waals surface area contributed by atoms with Gasteiger partial charge in [-0.25, -0.2) is 4.79 Å². The molecule has 0 aliphatic heterocycles. The molecule has 2 N–H and O–H groups in total. The number of aromatic nitrogens is 3. The number of benzene rings is 1. The van der Waals surface area contributed by atoms with Gasteiger partial charge in [0, 0.05) is 11.6 Å². The molecule has 8 heteroatoms. The minimum Gasteiger partial charge on any atom is -0.331 e. The molecular formula is C17H18ClN5OS. The molecule has 0 aliphatic rings. The lowest BCUT2D eigenvalue weighted by atomic mass is 10.0. The van der Waals surface area contributed by atoms with Crippen LogP contribution in [-0.2, 0) is 13.1 Å². The molecule has 0 spiro atoms. The van der Waals surface area contributed by atoms with Crippen LogP contribution in [0.2, 0.25) is 5.02 Å². The molecule has 6 nitrogen and oxygen atoms in total. The van der Waals surface area contributed by atoms with Crippen LogP contribution in [0.5, 0.6) is 0 Å². The highest BCUT2D eigenvalue weighted by molar-refractivity contribution is 7.08. The smallest absolute Gasteiger partial charge is 0.315 e. The molecule has 3 aromatic rings. The Labute approximate surface area is 154 Å². The van der Waals surface area contributed by atoms with Crippen LogP contribution >= 0.6 is 22.9 Å². The van der Waals surface area contributed by atoms with Crippen molar-refractivity contribution in [3.8, 4) is 0 Å². The van der Waals surface area contributed by atoms with E-state index in [1.165, 1.54) is 0 Å². The molecule has 2 aromatic heterocycles. The summed E-state index contributed by atoms with van der Waals surface area (Å²) in [7, 11) is 0. The molecule has 0 saturated carbocycles. The number of carbonyl (C=O) groups excluding carboxylic acids is 1. The Kier molecular flexibility index (Phi) is 5.67. The second kappa shape index (κ2) is 8.13. The van der Waals surface area contributed by atoms with Gasteiger partial charge >= 0.3 is 6.03 Å². The van der Waals surface area contributed by atoms with E-state index >= 15 is 0 Å². The molecule has 0 saturated heterocycles. The van der Waals surface area contributed by atoms with E-state index in [0.29, 0.717) is 11.6 Å². The zero-order valence-corrected chi connectivity index (χ0v) is 15.2. The van der Waals surface area contributed by atoms with Gasteiger partial charge in [-0.05, 0) is 47.0 Å². The van der Waals surface area contributed by atoms with E-state index in [1.807, 2.05) is 52.6 Å². The van der Waals surface area contributed by atoms with Gasteiger partial charge in [-0.3, -0.25) is 0 Å². The average molecular weight is 376 g/mol. The number of halogens is 1. The molecule has 0 unspecified atom stereocenters. The molecule has 130 valence electrons. The predicted octanol–water partition coefficient (Wildman–Crippen LogP) is 3.60. The van der Waals surface area contributed by atoms with Crippen LogP contribution in [0, 0.1) is 0 Å². The van der Waals surface area contributed by atoms with Crippen molar-refractivity contribution in [1.82, 2.24) is 25.4 Å². The van der Waals surface area contributed by atoms with Crippen molar-refractivity contribution in [2.45, 2.75) is 26.1 Å². The highest BCUT2D eigenvalue weighted by atomic mass is 35.5. The van der Waals surface area contributed by atoms with Crippen LogP contribution in [0.1, 0.15) is 29.9 Å². The predicted molar refractivity (Wildman–Crippen MR) is 98.7 cm³/mol. The zero-order valence-electron chi connectivity index (χ0n) is 13.6. The van der Waals surface area contributed by atoms with E-state index in [-0.39, 0.29) is 12.1 Å². The minimum absolute atomic E-state index is 0.243. The lowest BCUT2D eigenvalue weighted by Gasteiger charge is -2.19. The van der Waals surface area contributed by atoms with Gasteiger partial charge in [0.15, 0.2) is 5.82 Å². The SMILES string of the molecule is CCn1cnnc1CNC(=O)N[C@H](c1ccc(Cl)cc1)c1ccsc1. The van der Waals surface area contributed by atoms with Crippen molar-refractivity contribution in [2.75, 3.05) is 0 Å². The summed E-state index contributed by atoms with van der Waals surface area (Å²) in [5.74, 6) is 0.719. The van der Waals surface area contributed by atoms with Crippen LogP contribution in [0.3, 0.4) is 0 Å². The average Bonchev–Trinajstić information content (AvgIpc) is 3.30. The third-order valence-corrected chi connectivity index (χ3v) is 4.75. The van der Waals surface area contributed by atoms with Gasteiger partial charge in [-0.2, -0.15) is 11.3 Å². The quantitative estimate of drug-likeness (QED) is 0.691. The second-order valence-electron chi connectivity index (χ2n) is 5.40. The molecule has 1 aromatic carbocycles. The van der Waals surface area contributed by atoms with Gasteiger partial charge in [0.2, 0.25) is 0 Å². The van der Waals surface area contributed by atoms with Crippen molar-refractivity contribution < 1.29 is 4.79 Å². The van der Waals surface area contributed by atoms with E-state index in [1.54, 1.807) is 17.7 Å². The number of hydrogen-bond donors (Lipinski definition) is 2. The first-order valence-corrected chi connectivity index (χ1v) is 9.18. The van der Waals surface area contributed by atoms with E-state index in [9.17, 15) is 4.79 Å².